The number of likely N-dealkylation sites (tertiary alicyclic amines) is 1. The molecule has 2 heterocycles. The Morgan fingerprint density at radius 1 is 1.33 bits per heavy atom. The van der Waals surface area contributed by atoms with Gasteiger partial charge in [0.05, 0.1) is 13.2 Å². The number of carbonyl (C=O) groups excluding carboxylic acids is 1. The largest absolute Gasteiger partial charge is 0.480 e. The molecule has 2 fully saturated rings. The van der Waals surface area contributed by atoms with Gasteiger partial charge >= 0.3 is 12.0 Å². The van der Waals surface area contributed by atoms with Crippen LogP contribution in [0.4, 0.5) is 4.79 Å². The maximum Gasteiger partial charge on any atom is 0.329 e. The lowest BCUT2D eigenvalue weighted by Crippen LogP contribution is -2.56. The van der Waals surface area contributed by atoms with Gasteiger partial charge in [-0.05, 0) is 26.7 Å². The van der Waals surface area contributed by atoms with Crippen molar-refractivity contribution in [2.24, 2.45) is 0 Å². The average Bonchev–Trinajstić information content (AvgIpc) is 2.83. The van der Waals surface area contributed by atoms with Gasteiger partial charge in [0, 0.05) is 32.2 Å². The first-order chi connectivity index (χ1) is 9.93. The highest BCUT2D eigenvalue weighted by molar-refractivity contribution is 5.86. The number of morpholine rings is 1. The van der Waals surface area contributed by atoms with E-state index in [0.29, 0.717) is 13.0 Å². The van der Waals surface area contributed by atoms with Crippen molar-refractivity contribution in [1.82, 2.24) is 15.1 Å². The number of nitrogens with one attached hydrogen (secondary N) is 1. The lowest BCUT2D eigenvalue weighted by molar-refractivity contribution is -0.147. The van der Waals surface area contributed by atoms with Gasteiger partial charge in [0.15, 0.2) is 0 Å². The first-order valence-electron chi connectivity index (χ1n) is 7.55. The first kappa shape index (κ1) is 16.0. The van der Waals surface area contributed by atoms with Crippen molar-refractivity contribution < 1.29 is 19.4 Å². The Balaban J connectivity index is 1.86. The third-order valence-electron chi connectivity index (χ3n) is 4.35. The van der Waals surface area contributed by atoms with Crippen molar-refractivity contribution in [2.75, 3.05) is 39.4 Å². The molecule has 0 aliphatic carbocycles. The van der Waals surface area contributed by atoms with E-state index < -0.39 is 11.5 Å². The topological polar surface area (TPSA) is 82.1 Å². The Hall–Kier alpha value is -1.34. The summed E-state index contributed by atoms with van der Waals surface area (Å²) in [6, 6.07) is -0.299. The molecule has 0 saturated carbocycles. The summed E-state index contributed by atoms with van der Waals surface area (Å²) in [6.07, 6.45) is 1.24. The minimum Gasteiger partial charge on any atom is -0.480 e. The molecular formula is C14H25N3O4. The van der Waals surface area contributed by atoms with E-state index in [1.807, 2.05) is 6.92 Å². The van der Waals surface area contributed by atoms with Gasteiger partial charge in [0.25, 0.3) is 0 Å². The normalized spacial score (nSPS) is 28.4. The molecule has 0 aromatic carbocycles. The number of amides is 2. The molecule has 0 aromatic rings. The van der Waals surface area contributed by atoms with Crippen LogP contribution in [-0.4, -0.2) is 77.9 Å². The molecule has 2 aliphatic heterocycles. The van der Waals surface area contributed by atoms with E-state index in [1.165, 1.54) is 4.90 Å². The number of hydrogen-bond acceptors (Lipinski definition) is 4. The minimum absolute atomic E-state index is 0.0192. The molecule has 2 N–H and O–H groups in total. The van der Waals surface area contributed by atoms with Gasteiger partial charge in [-0.25, -0.2) is 9.59 Å². The van der Waals surface area contributed by atoms with Crippen LogP contribution in [0.25, 0.3) is 0 Å². The standard InChI is InChI=1S/C14H25N3O4/c1-11(10-16-6-8-21-9-7-16)15-13(20)17-5-3-4-14(17,2)12(18)19/h11H,3-10H2,1-2H3,(H,15,20)(H,18,19). The predicted octanol–water partition coefficient (Wildman–Crippen LogP) is 0.356. The van der Waals surface area contributed by atoms with Crippen LogP contribution >= 0.6 is 0 Å². The summed E-state index contributed by atoms with van der Waals surface area (Å²) in [6.45, 7) is 8.02. The Kier molecular flexibility index (Phi) is 5.05. The fourth-order valence-electron chi connectivity index (χ4n) is 3.02. The van der Waals surface area contributed by atoms with Crippen molar-refractivity contribution in [1.29, 1.82) is 0 Å². The number of carbonyl (C=O) groups is 2. The smallest absolute Gasteiger partial charge is 0.329 e. The Bertz CT molecular complexity index is 398. The second-order valence-electron chi connectivity index (χ2n) is 6.10. The van der Waals surface area contributed by atoms with Gasteiger partial charge in [-0.15, -0.1) is 0 Å². The molecule has 0 aromatic heterocycles. The number of carboxylic acid groups (broad SMARTS) is 1. The quantitative estimate of drug-likeness (QED) is 0.783. The Morgan fingerprint density at radius 2 is 2.00 bits per heavy atom. The highest BCUT2D eigenvalue weighted by Crippen LogP contribution is 2.29. The zero-order valence-corrected chi connectivity index (χ0v) is 12.8. The SMILES string of the molecule is CC(CN1CCOCC1)NC(=O)N1CCCC1(C)C(=O)O. The van der Waals surface area contributed by atoms with Gasteiger partial charge in [0.1, 0.15) is 5.54 Å². The molecule has 2 unspecified atom stereocenters. The molecule has 2 saturated heterocycles. The van der Waals surface area contributed by atoms with Gasteiger partial charge < -0.3 is 20.1 Å². The lowest BCUT2D eigenvalue weighted by atomic mass is 10.00. The van der Waals surface area contributed by atoms with Crippen LogP contribution in [0.1, 0.15) is 26.7 Å². The number of hydrogen-bond donors (Lipinski definition) is 2. The summed E-state index contributed by atoms with van der Waals surface area (Å²) >= 11 is 0. The Labute approximate surface area is 125 Å². The van der Waals surface area contributed by atoms with E-state index in [2.05, 4.69) is 10.2 Å². The van der Waals surface area contributed by atoms with Crippen LogP contribution < -0.4 is 5.32 Å². The van der Waals surface area contributed by atoms with Crippen LogP contribution in [0.15, 0.2) is 0 Å². The summed E-state index contributed by atoms with van der Waals surface area (Å²) in [7, 11) is 0. The van der Waals surface area contributed by atoms with Gasteiger partial charge in [-0.1, -0.05) is 0 Å². The fourth-order valence-corrected chi connectivity index (χ4v) is 3.02. The number of carboxylic acids is 1. The molecule has 0 spiro atoms. The molecule has 2 rings (SSSR count). The number of aliphatic carboxylic acids is 1. The summed E-state index contributed by atoms with van der Waals surface area (Å²) in [4.78, 5) is 27.4. The van der Waals surface area contributed by atoms with Crippen molar-refractivity contribution >= 4 is 12.0 Å². The summed E-state index contributed by atoms with van der Waals surface area (Å²) in [5.41, 5.74) is -1.08. The molecule has 7 nitrogen and oxygen atoms in total. The number of ether oxygens (including phenoxy) is 1. The summed E-state index contributed by atoms with van der Waals surface area (Å²) < 4.78 is 5.29. The highest BCUT2D eigenvalue weighted by atomic mass is 16.5. The van der Waals surface area contributed by atoms with Crippen molar-refractivity contribution in [2.45, 2.75) is 38.3 Å². The van der Waals surface area contributed by atoms with Crippen LogP contribution in [0.5, 0.6) is 0 Å². The summed E-state index contributed by atoms with van der Waals surface area (Å²) in [5.74, 6) is -0.934. The van der Waals surface area contributed by atoms with Crippen molar-refractivity contribution in [3.05, 3.63) is 0 Å². The average molecular weight is 299 g/mol. The molecule has 0 bridgehead atoms. The van der Waals surface area contributed by atoms with E-state index in [4.69, 9.17) is 4.74 Å². The van der Waals surface area contributed by atoms with Gasteiger partial charge in [0.2, 0.25) is 0 Å². The van der Waals surface area contributed by atoms with Crippen molar-refractivity contribution in [3.63, 3.8) is 0 Å². The second-order valence-corrected chi connectivity index (χ2v) is 6.10. The number of urea groups is 1. The lowest BCUT2D eigenvalue weighted by Gasteiger charge is -2.34. The highest BCUT2D eigenvalue weighted by Gasteiger charge is 2.46. The van der Waals surface area contributed by atoms with E-state index in [-0.39, 0.29) is 12.1 Å². The molecule has 2 aliphatic rings. The van der Waals surface area contributed by atoms with Gasteiger partial charge in [-0.2, -0.15) is 0 Å². The minimum atomic E-state index is -1.08. The van der Waals surface area contributed by atoms with Crippen LogP contribution in [-0.2, 0) is 9.53 Å². The zero-order chi connectivity index (χ0) is 15.5. The second kappa shape index (κ2) is 6.62. The molecule has 2 atom stereocenters. The first-order valence-corrected chi connectivity index (χ1v) is 7.55. The maximum absolute atomic E-state index is 12.3. The fraction of sp³-hybridized carbons (Fsp3) is 0.857. The van der Waals surface area contributed by atoms with Gasteiger partial charge in [-0.3, -0.25) is 4.90 Å². The third kappa shape index (κ3) is 3.65. The molecule has 21 heavy (non-hydrogen) atoms. The molecule has 2 amide bonds. The predicted molar refractivity (Wildman–Crippen MR) is 77.2 cm³/mol. The van der Waals surface area contributed by atoms with E-state index in [9.17, 15) is 14.7 Å². The molecule has 0 radical (unpaired) electrons. The Morgan fingerprint density at radius 3 is 2.62 bits per heavy atom. The molecule has 120 valence electrons. The van der Waals surface area contributed by atoms with E-state index in [0.717, 1.165) is 39.3 Å². The summed E-state index contributed by atoms with van der Waals surface area (Å²) in [5, 5.41) is 12.3. The maximum atomic E-state index is 12.3. The van der Waals surface area contributed by atoms with Crippen molar-refractivity contribution in [3.8, 4) is 0 Å². The number of rotatable bonds is 4. The molecule has 7 heteroatoms. The van der Waals surface area contributed by atoms with Crippen LogP contribution in [0, 0.1) is 0 Å². The van der Waals surface area contributed by atoms with Crippen LogP contribution in [0.3, 0.4) is 0 Å². The zero-order valence-electron chi connectivity index (χ0n) is 12.8. The van der Waals surface area contributed by atoms with Crippen LogP contribution in [0.2, 0.25) is 0 Å². The monoisotopic (exact) mass is 299 g/mol. The molecular weight excluding hydrogens is 274 g/mol. The van der Waals surface area contributed by atoms with E-state index in [1.54, 1.807) is 6.92 Å². The number of nitrogens with zero attached hydrogens (tertiary/aromatic N) is 2. The third-order valence-corrected chi connectivity index (χ3v) is 4.35. The van der Waals surface area contributed by atoms with E-state index >= 15 is 0 Å².